The first kappa shape index (κ1) is 13.0. The molecule has 0 bridgehead atoms. The van der Waals surface area contributed by atoms with E-state index in [4.69, 9.17) is 5.73 Å². The monoisotopic (exact) mass is 222 g/mol. The largest absolute Gasteiger partial charge is 0.324 e. The van der Waals surface area contributed by atoms with Crippen LogP contribution < -0.4 is 11.3 Å². The Balaban J connectivity index is 3.48. The molecule has 2 N–H and O–H groups in total. The lowest BCUT2D eigenvalue weighted by atomic mass is 9.90. The Labute approximate surface area is 97.3 Å². The second-order valence-corrected chi connectivity index (χ2v) is 5.26. The van der Waals surface area contributed by atoms with Gasteiger partial charge in [0.1, 0.15) is 0 Å². The minimum atomic E-state index is -0.209. The molecule has 3 heteroatoms. The van der Waals surface area contributed by atoms with Crippen molar-refractivity contribution in [2.75, 3.05) is 0 Å². The van der Waals surface area contributed by atoms with Crippen LogP contribution in [0.15, 0.2) is 16.9 Å². The summed E-state index contributed by atoms with van der Waals surface area (Å²) >= 11 is 0. The summed E-state index contributed by atoms with van der Waals surface area (Å²) in [6.07, 6.45) is 0. The van der Waals surface area contributed by atoms with E-state index in [9.17, 15) is 4.79 Å². The van der Waals surface area contributed by atoms with Gasteiger partial charge in [0, 0.05) is 29.3 Å². The van der Waals surface area contributed by atoms with Crippen LogP contribution in [-0.2, 0) is 12.0 Å². The Bertz CT molecular complexity index is 425. The first-order valence-electron chi connectivity index (χ1n) is 5.78. The van der Waals surface area contributed by atoms with Gasteiger partial charge in [-0.15, -0.1) is 0 Å². The van der Waals surface area contributed by atoms with E-state index in [1.54, 1.807) is 0 Å². The van der Waals surface area contributed by atoms with Gasteiger partial charge in [-0.2, -0.15) is 0 Å². The second kappa shape index (κ2) is 4.42. The number of aromatic nitrogens is 1. The molecular weight excluding hydrogens is 200 g/mol. The van der Waals surface area contributed by atoms with Crippen LogP contribution >= 0.6 is 0 Å². The molecule has 3 nitrogen and oxygen atoms in total. The third kappa shape index (κ3) is 2.35. The van der Waals surface area contributed by atoms with Gasteiger partial charge in [0.25, 0.3) is 5.56 Å². The first-order valence-corrected chi connectivity index (χ1v) is 5.78. The van der Waals surface area contributed by atoms with E-state index in [-0.39, 0.29) is 17.0 Å². The molecule has 0 aliphatic carbocycles. The zero-order valence-corrected chi connectivity index (χ0v) is 10.9. The first-order chi connectivity index (χ1) is 7.29. The molecule has 16 heavy (non-hydrogen) atoms. The normalized spacial score (nSPS) is 13.9. The summed E-state index contributed by atoms with van der Waals surface area (Å²) in [4.78, 5) is 12.2. The molecule has 1 aromatic heterocycles. The summed E-state index contributed by atoms with van der Waals surface area (Å²) in [6.45, 7) is 10.8. The van der Waals surface area contributed by atoms with Gasteiger partial charge >= 0.3 is 0 Å². The lowest BCUT2D eigenvalue weighted by Crippen LogP contribution is -2.32. The Morgan fingerprint density at radius 3 is 2.31 bits per heavy atom. The molecule has 0 saturated heterocycles. The predicted molar refractivity (Wildman–Crippen MR) is 67.7 cm³/mol. The smallest absolute Gasteiger partial charge is 0.255 e. The van der Waals surface area contributed by atoms with Crippen LogP contribution in [0.5, 0.6) is 0 Å². The van der Waals surface area contributed by atoms with Crippen molar-refractivity contribution < 1.29 is 0 Å². The van der Waals surface area contributed by atoms with Gasteiger partial charge in [-0.25, -0.2) is 0 Å². The van der Waals surface area contributed by atoms with Crippen LogP contribution in [0.1, 0.15) is 51.9 Å². The molecule has 0 saturated carbocycles. The summed E-state index contributed by atoms with van der Waals surface area (Å²) in [5.74, 6) is 0. The topological polar surface area (TPSA) is 48.0 Å². The highest BCUT2D eigenvalue weighted by atomic mass is 16.1. The maximum absolute atomic E-state index is 12.2. The van der Waals surface area contributed by atoms with Crippen LogP contribution in [0.4, 0.5) is 0 Å². The van der Waals surface area contributed by atoms with Crippen LogP contribution in [0.2, 0.25) is 0 Å². The zero-order chi connectivity index (χ0) is 12.5. The quantitative estimate of drug-likeness (QED) is 0.833. The minimum absolute atomic E-state index is 0.0223. The molecule has 0 spiro atoms. The number of hydrogen-bond acceptors (Lipinski definition) is 2. The molecule has 0 fully saturated rings. The molecule has 1 rings (SSSR count). The van der Waals surface area contributed by atoms with E-state index in [2.05, 4.69) is 20.8 Å². The van der Waals surface area contributed by atoms with Crippen molar-refractivity contribution in [1.29, 1.82) is 0 Å². The van der Waals surface area contributed by atoms with Gasteiger partial charge in [0.15, 0.2) is 0 Å². The van der Waals surface area contributed by atoms with Gasteiger partial charge in [0.2, 0.25) is 0 Å². The van der Waals surface area contributed by atoms with Crippen molar-refractivity contribution in [1.82, 2.24) is 4.57 Å². The van der Waals surface area contributed by atoms with Gasteiger partial charge in [0.05, 0.1) is 0 Å². The number of rotatable bonds is 2. The summed E-state index contributed by atoms with van der Waals surface area (Å²) in [7, 11) is 0. The molecule has 0 radical (unpaired) electrons. The number of hydrogen-bond donors (Lipinski definition) is 1. The Kier molecular flexibility index (Phi) is 3.58. The highest BCUT2D eigenvalue weighted by molar-refractivity contribution is 5.23. The molecule has 1 heterocycles. The van der Waals surface area contributed by atoms with Crippen LogP contribution in [-0.4, -0.2) is 4.57 Å². The standard InChI is InChI=1S/C13H22N2O/c1-6-15-11(13(3,4)5)8-7-10(9(2)14)12(15)16/h7-9H,6,14H2,1-5H3. The van der Waals surface area contributed by atoms with Crippen molar-refractivity contribution >= 4 is 0 Å². The predicted octanol–water partition coefficient (Wildman–Crippen LogP) is 2.19. The highest BCUT2D eigenvalue weighted by Crippen LogP contribution is 2.21. The van der Waals surface area contributed by atoms with Gasteiger partial charge in [-0.1, -0.05) is 26.8 Å². The molecule has 1 atom stereocenters. The van der Waals surface area contributed by atoms with Gasteiger partial charge < -0.3 is 10.3 Å². The fourth-order valence-electron chi connectivity index (χ4n) is 1.91. The van der Waals surface area contributed by atoms with Crippen molar-refractivity contribution in [3.8, 4) is 0 Å². The lowest BCUT2D eigenvalue weighted by Gasteiger charge is -2.24. The van der Waals surface area contributed by atoms with E-state index in [0.717, 1.165) is 5.69 Å². The van der Waals surface area contributed by atoms with E-state index in [0.29, 0.717) is 12.1 Å². The molecule has 0 aliphatic heterocycles. The Hall–Kier alpha value is -1.09. The molecule has 90 valence electrons. The summed E-state index contributed by atoms with van der Waals surface area (Å²) in [5.41, 5.74) is 7.56. The zero-order valence-electron chi connectivity index (χ0n) is 10.9. The molecule has 0 amide bonds. The van der Waals surface area contributed by atoms with E-state index < -0.39 is 0 Å². The summed E-state index contributed by atoms with van der Waals surface area (Å²) < 4.78 is 1.82. The average molecular weight is 222 g/mol. The van der Waals surface area contributed by atoms with Crippen LogP contribution in [0, 0.1) is 0 Å². The van der Waals surface area contributed by atoms with Crippen molar-refractivity contribution in [2.24, 2.45) is 5.73 Å². The third-order valence-electron chi connectivity index (χ3n) is 2.78. The van der Waals surface area contributed by atoms with Crippen LogP contribution in [0.25, 0.3) is 0 Å². The second-order valence-electron chi connectivity index (χ2n) is 5.26. The highest BCUT2D eigenvalue weighted by Gasteiger charge is 2.20. The fraction of sp³-hybridized carbons (Fsp3) is 0.615. The van der Waals surface area contributed by atoms with E-state index >= 15 is 0 Å². The fourth-order valence-corrected chi connectivity index (χ4v) is 1.91. The molecule has 1 aromatic rings. The SMILES string of the molecule is CCn1c(C(C)(C)C)ccc(C(C)N)c1=O. The number of nitrogens with two attached hydrogens (primary N) is 1. The van der Waals surface area contributed by atoms with Gasteiger partial charge in [-0.05, 0) is 19.9 Å². The van der Waals surface area contributed by atoms with Crippen molar-refractivity contribution in [3.05, 3.63) is 33.7 Å². The molecule has 0 aliphatic rings. The summed E-state index contributed by atoms with van der Waals surface area (Å²) in [6, 6.07) is 3.67. The van der Waals surface area contributed by atoms with Crippen molar-refractivity contribution in [3.63, 3.8) is 0 Å². The number of nitrogens with zero attached hydrogens (tertiary/aromatic N) is 1. The third-order valence-corrected chi connectivity index (χ3v) is 2.78. The molecule has 0 aromatic carbocycles. The maximum Gasteiger partial charge on any atom is 0.255 e. The number of pyridine rings is 1. The molecule has 1 unspecified atom stereocenters. The van der Waals surface area contributed by atoms with E-state index in [1.807, 2.05) is 30.5 Å². The minimum Gasteiger partial charge on any atom is -0.324 e. The Morgan fingerprint density at radius 1 is 1.38 bits per heavy atom. The molecular formula is C13H22N2O. The van der Waals surface area contributed by atoms with Crippen LogP contribution in [0.3, 0.4) is 0 Å². The van der Waals surface area contributed by atoms with Crippen molar-refractivity contribution in [2.45, 2.75) is 52.6 Å². The average Bonchev–Trinajstić information content (AvgIpc) is 2.15. The Morgan fingerprint density at radius 2 is 1.94 bits per heavy atom. The summed E-state index contributed by atoms with van der Waals surface area (Å²) in [5, 5.41) is 0. The van der Waals surface area contributed by atoms with Gasteiger partial charge in [-0.3, -0.25) is 4.79 Å². The lowest BCUT2D eigenvalue weighted by molar-refractivity contribution is 0.507. The maximum atomic E-state index is 12.2. The van der Waals surface area contributed by atoms with E-state index in [1.165, 1.54) is 0 Å².